The molecule has 0 bridgehead atoms. The summed E-state index contributed by atoms with van der Waals surface area (Å²) in [5, 5.41) is 10.9. The molecule has 1 aromatic heterocycles. The largest absolute Gasteiger partial charge is 0.322 e. The van der Waals surface area contributed by atoms with Gasteiger partial charge in [0.2, 0.25) is 0 Å². The fourth-order valence-corrected chi connectivity index (χ4v) is 1.97. The van der Waals surface area contributed by atoms with E-state index < -0.39 is 0 Å². The predicted octanol–water partition coefficient (Wildman–Crippen LogP) is 3.36. The molecule has 4 nitrogen and oxygen atoms in total. The third-order valence-electron chi connectivity index (χ3n) is 2.67. The smallest absolute Gasteiger partial charge is 0.257 e. The van der Waals surface area contributed by atoms with Crippen molar-refractivity contribution in [3.63, 3.8) is 0 Å². The van der Waals surface area contributed by atoms with Crippen LogP contribution >= 0.6 is 15.9 Å². The first-order valence-electron chi connectivity index (χ1n) is 6.00. The highest BCUT2D eigenvalue weighted by atomic mass is 79.9. The van der Waals surface area contributed by atoms with Crippen LogP contribution < -0.4 is 5.32 Å². The summed E-state index contributed by atoms with van der Waals surface area (Å²) in [4.78, 5) is 12.2. The molecular formula is C14H14BrN3O. The van der Waals surface area contributed by atoms with Gasteiger partial charge in [0.15, 0.2) is 0 Å². The van der Waals surface area contributed by atoms with Gasteiger partial charge < -0.3 is 5.32 Å². The van der Waals surface area contributed by atoms with E-state index in [4.69, 9.17) is 0 Å². The van der Waals surface area contributed by atoms with Gasteiger partial charge in [-0.3, -0.25) is 4.79 Å². The molecule has 0 aliphatic rings. The highest BCUT2D eigenvalue weighted by Crippen LogP contribution is 2.16. The van der Waals surface area contributed by atoms with Crippen molar-refractivity contribution in [3.05, 3.63) is 51.8 Å². The Balaban J connectivity index is 2.24. The number of nitrogens with zero attached hydrogens (tertiary/aromatic N) is 2. The quantitative estimate of drug-likeness (QED) is 0.943. The number of nitrogens with one attached hydrogen (secondary N) is 1. The number of amides is 1. The number of rotatable bonds is 3. The van der Waals surface area contributed by atoms with E-state index in [0.717, 1.165) is 15.9 Å². The average molecular weight is 320 g/mol. The van der Waals surface area contributed by atoms with Crippen molar-refractivity contribution < 1.29 is 4.79 Å². The predicted molar refractivity (Wildman–Crippen MR) is 78.2 cm³/mol. The lowest BCUT2D eigenvalue weighted by Crippen LogP contribution is -2.16. The minimum absolute atomic E-state index is 0.155. The lowest BCUT2D eigenvalue weighted by atomic mass is 10.1. The monoisotopic (exact) mass is 319 g/mol. The highest BCUT2D eigenvalue weighted by Gasteiger charge is 2.13. The summed E-state index contributed by atoms with van der Waals surface area (Å²) in [6.45, 7) is 3.78. The number of aromatic nitrogens is 2. The molecule has 2 aromatic rings. The van der Waals surface area contributed by atoms with Gasteiger partial charge in [0.05, 0.1) is 17.0 Å². The van der Waals surface area contributed by atoms with Crippen molar-refractivity contribution >= 4 is 27.5 Å². The van der Waals surface area contributed by atoms with E-state index in [0.29, 0.717) is 17.7 Å². The average Bonchev–Trinajstić information content (AvgIpc) is 2.41. The van der Waals surface area contributed by atoms with Crippen LogP contribution in [0.2, 0.25) is 0 Å². The lowest BCUT2D eigenvalue weighted by Gasteiger charge is -2.08. The van der Waals surface area contributed by atoms with E-state index in [9.17, 15) is 4.79 Å². The van der Waals surface area contributed by atoms with Crippen LogP contribution in [0.4, 0.5) is 5.69 Å². The summed E-state index contributed by atoms with van der Waals surface area (Å²) in [7, 11) is 0. The maximum Gasteiger partial charge on any atom is 0.257 e. The second-order valence-electron chi connectivity index (χ2n) is 4.16. The van der Waals surface area contributed by atoms with Gasteiger partial charge >= 0.3 is 0 Å². The second kappa shape index (κ2) is 5.93. The molecule has 0 fully saturated rings. The van der Waals surface area contributed by atoms with E-state index in [-0.39, 0.29) is 5.91 Å². The number of carbonyl (C=O) groups excluding carboxylic acids is 1. The van der Waals surface area contributed by atoms with E-state index in [2.05, 4.69) is 31.4 Å². The summed E-state index contributed by atoms with van der Waals surface area (Å²) in [5.41, 5.74) is 2.78. The van der Waals surface area contributed by atoms with Gasteiger partial charge in [0.1, 0.15) is 0 Å². The number of aryl methyl sites for hydroxylation is 2. The van der Waals surface area contributed by atoms with Gasteiger partial charge in [0.25, 0.3) is 5.91 Å². The van der Waals surface area contributed by atoms with Crippen molar-refractivity contribution in [1.29, 1.82) is 0 Å². The molecule has 0 atom stereocenters. The van der Waals surface area contributed by atoms with Gasteiger partial charge in [-0.2, -0.15) is 10.2 Å². The maximum atomic E-state index is 12.2. The number of carbonyl (C=O) groups is 1. The van der Waals surface area contributed by atoms with E-state index in [1.165, 1.54) is 0 Å². The summed E-state index contributed by atoms with van der Waals surface area (Å²) >= 11 is 3.36. The van der Waals surface area contributed by atoms with Crippen LogP contribution in [0.1, 0.15) is 28.7 Å². The van der Waals surface area contributed by atoms with Crippen LogP contribution in [-0.4, -0.2) is 16.1 Å². The first-order valence-corrected chi connectivity index (χ1v) is 6.79. The number of hydrogen-bond acceptors (Lipinski definition) is 3. The Morgan fingerprint density at radius 1 is 1.26 bits per heavy atom. The van der Waals surface area contributed by atoms with Gasteiger partial charge in [0, 0.05) is 10.2 Å². The molecule has 1 amide bonds. The summed E-state index contributed by atoms with van der Waals surface area (Å²) < 4.78 is 0.973. The third kappa shape index (κ3) is 3.38. The molecule has 0 aliphatic carbocycles. The van der Waals surface area contributed by atoms with Crippen LogP contribution in [0.5, 0.6) is 0 Å². The minimum atomic E-state index is -0.155. The first-order chi connectivity index (χ1) is 9.10. The molecule has 19 heavy (non-hydrogen) atoms. The molecule has 98 valence electrons. The molecule has 2 rings (SSSR count). The van der Waals surface area contributed by atoms with Crippen molar-refractivity contribution in [2.75, 3.05) is 5.32 Å². The van der Waals surface area contributed by atoms with Crippen LogP contribution in [0, 0.1) is 6.92 Å². The molecule has 1 aromatic carbocycles. The van der Waals surface area contributed by atoms with Crippen molar-refractivity contribution in [1.82, 2.24) is 10.2 Å². The van der Waals surface area contributed by atoms with Crippen molar-refractivity contribution in [3.8, 4) is 0 Å². The standard InChI is InChI=1S/C14H14BrN3O/c1-3-13-12(8-9(2)17-18-13)14(19)16-11-6-4-10(15)5-7-11/h4-8H,3H2,1-2H3,(H,16,19). The van der Waals surface area contributed by atoms with Crippen LogP contribution in [0.25, 0.3) is 0 Å². The van der Waals surface area contributed by atoms with Gasteiger partial charge in [-0.05, 0) is 43.7 Å². The molecule has 0 radical (unpaired) electrons. The molecule has 0 saturated carbocycles. The first kappa shape index (κ1) is 13.7. The molecule has 5 heteroatoms. The Labute approximate surface area is 120 Å². The Morgan fingerprint density at radius 3 is 2.58 bits per heavy atom. The van der Waals surface area contributed by atoms with E-state index >= 15 is 0 Å². The topological polar surface area (TPSA) is 54.9 Å². The Bertz CT molecular complexity index is 596. The van der Waals surface area contributed by atoms with Gasteiger partial charge in [-0.15, -0.1) is 0 Å². The molecule has 0 spiro atoms. The number of hydrogen-bond donors (Lipinski definition) is 1. The van der Waals surface area contributed by atoms with Gasteiger partial charge in [-0.25, -0.2) is 0 Å². The fourth-order valence-electron chi connectivity index (χ4n) is 1.70. The minimum Gasteiger partial charge on any atom is -0.322 e. The van der Waals surface area contributed by atoms with Crippen molar-refractivity contribution in [2.45, 2.75) is 20.3 Å². The van der Waals surface area contributed by atoms with Crippen LogP contribution in [0.3, 0.4) is 0 Å². The fraction of sp³-hybridized carbons (Fsp3) is 0.214. The molecule has 1 N–H and O–H groups in total. The van der Waals surface area contributed by atoms with Crippen LogP contribution in [-0.2, 0) is 6.42 Å². The summed E-state index contributed by atoms with van der Waals surface area (Å²) in [5.74, 6) is -0.155. The number of benzene rings is 1. The second-order valence-corrected chi connectivity index (χ2v) is 5.08. The lowest BCUT2D eigenvalue weighted by molar-refractivity contribution is 0.102. The molecule has 0 aliphatic heterocycles. The molecule has 1 heterocycles. The number of anilines is 1. The zero-order chi connectivity index (χ0) is 13.8. The normalized spacial score (nSPS) is 10.3. The molecule has 0 unspecified atom stereocenters. The zero-order valence-corrected chi connectivity index (χ0v) is 12.4. The highest BCUT2D eigenvalue weighted by molar-refractivity contribution is 9.10. The number of halogens is 1. The van der Waals surface area contributed by atoms with Gasteiger partial charge in [-0.1, -0.05) is 22.9 Å². The van der Waals surface area contributed by atoms with E-state index in [1.54, 1.807) is 6.07 Å². The van der Waals surface area contributed by atoms with E-state index in [1.807, 2.05) is 38.1 Å². The molecule has 0 saturated heterocycles. The summed E-state index contributed by atoms with van der Waals surface area (Å²) in [6, 6.07) is 9.21. The summed E-state index contributed by atoms with van der Waals surface area (Å²) in [6.07, 6.45) is 0.677. The molecular weight excluding hydrogens is 306 g/mol. The van der Waals surface area contributed by atoms with Crippen LogP contribution in [0.15, 0.2) is 34.8 Å². The Morgan fingerprint density at radius 2 is 1.95 bits per heavy atom. The third-order valence-corrected chi connectivity index (χ3v) is 3.20. The zero-order valence-electron chi connectivity index (χ0n) is 10.8. The maximum absolute atomic E-state index is 12.2. The Kier molecular flexibility index (Phi) is 4.27. The Hall–Kier alpha value is -1.75. The SMILES string of the molecule is CCc1nnc(C)cc1C(=O)Nc1ccc(Br)cc1. The van der Waals surface area contributed by atoms with Crippen molar-refractivity contribution in [2.24, 2.45) is 0 Å².